The van der Waals surface area contributed by atoms with Gasteiger partial charge in [-0.2, -0.15) is 0 Å². The molecule has 0 heterocycles. The normalized spacial score (nSPS) is 10.4. The van der Waals surface area contributed by atoms with Crippen molar-refractivity contribution in [3.05, 3.63) is 65.5 Å². The lowest BCUT2D eigenvalue weighted by atomic mass is 10.1. The summed E-state index contributed by atoms with van der Waals surface area (Å²) in [6.45, 7) is 3.78. The van der Waals surface area contributed by atoms with Crippen molar-refractivity contribution in [3.63, 3.8) is 0 Å². The van der Waals surface area contributed by atoms with Crippen molar-refractivity contribution in [2.45, 2.75) is 19.9 Å². The Labute approximate surface area is 124 Å². The first-order chi connectivity index (χ1) is 10.2. The lowest BCUT2D eigenvalue weighted by molar-refractivity contribution is -0.115. The number of anilines is 1. The van der Waals surface area contributed by atoms with E-state index in [9.17, 15) is 9.18 Å². The Kier molecular flexibility index (Phi) is 5.46. The molecule has 0 unspecified atom stereocenters. The fraction of sp³-hybridized carbons (Fsp3) is 0.235. The molecule has 0 atom stereocenters. The highest BCUT2D eigenvalue weighted by Crippen LogP contribution is 2.12. The van der Waals surface area contributed by atoms with Crippen molar-refractivity contribution in [3.8, 4) is 0 Å². The minimum atomic E-state index is -0.353. The Balaban J connectivity index is 1.92. The summed E-state index contributed by atoms with van der Waals surface area (Å²) in [6, 6.07) is 13.9. The molecular weight excluding hydrogens is 267 g/mol. The van der Waals surface area contributed by atoms with E-state index < -0.39 is 0 Å². The first kappa shape index (κ1) is 15.2. The molecule has 2 N–H and O–H groups in total. The number of carbonyl (C=O) groups is 1. The summed E-state index contributed by atoms with van der Waals surface area (Å²) in [4.78, 5) is 11.9. The standard InChI is InChI=1S/C17H19FN2O/c1-2-19-12-13-7-9-15(10-8-13)20-17(21)11-14-5-3-4-6-16(14)18/h3-10,19H,2,11-12H2,1H3,(H,20,21). The largest absolute Gasteiger partial charge is 0.326 e. The van der Waals surface area contributed by atoms with Crippen LogP contribution in [0.5, 0.6) is 0 Å². The van der Waals surface area contributed by atoms with E-state index in [-0.39, 0.29) is 18.1 Å². The quantitative estimate of drug-likeness (QED) is 0.856. The summed E-state index contributed by atoms with van der Waals surface area (Å²) >= 11 is 0. The molecule has 0 aliphatic rings. The average Bonchev–Trinajstić information content (AvgIpc) is 2.49. The predicted molar refractivity (Wildman–Crippen MR) is 82.6 cm³/mol. The molecule has 0 aromatic heterocycles. The van der Waals surface area contributed by atoms with Gasteiger partial charge in [0.2, 0.25) is 5.91 Å². The monoisotopic (exact) mass is 286 g/mol. The molecule has 3 nitrogen and oxygen atoms in total. The van der Waals surface area contributed by atoms with Crippen LogP contribution >= 0.6 is 0 Å². The molecule has 0 fully saturated rings. The van der Waals surface area contributed by atoms with Crippen molar-refractivity contribution >= 4 is 11.6 Å². The van der Waals surface area contributed by atoms with E-state index in [0.29, 0.717) is 5.56 Å². The second-order valence-corrected chi connectivity index (χ2v) is 4.79. The highest BCUT2D eigenvalue weighted by molar-refractivity contribution is 5.92. The summed E-state index contributed by atoms with van der Waals surface area (Å²) in [5.74, 6) is -0.576. The second-order valence-electron chi connectivity index (χ2n) is 4.79. The smallest absolute Gasteiger partial charge is 0.228 e. The Bertz CT molecular complexity index is 596. The highest BCUT2D eigenvalue weighted by Gasteiger charge is 2.07. The lowest BCUT2D eigenvalue weighted by Gasteiger charge is -2.07. The third-order valence-corrected chi connectivity index (χ3v) is 3.13. The first-order valence-corrected chi connectivity index (χ1v) is 7.02. The van der Waals surface area contributed by atoms with Gasteiger partial charge in [-0.05, 0) is 35.9 Å². The minimum absolute atomic E-state index is 0.0335. The van der Waals surface area contributed by atoms with Crippen LogP contribution in [0.2, 0.25) is 0 Å². The van der Waals surface area contributed by atoms with Gasteiger partial charge in [0.1, 0.15) is 5.82 Å². The van der Waals surface area contributed by atoms with E-state index in [4.69, 9.17) is 0 Å². The Morgan fingerprint density at radius 3 is 2.48 bits per heavy atom. The number of amides is 1. The molecular formula is C17H19FN2O. The number of benzene rings is 2. The van der Waals surface area contributed by atoms with Gasteiger partial charge in [-0.1, -0.05) is 37.3 Å². The Morgan fingerprint density at radius 2 is 1.81 bits per heavy atom. The van der Waals surface area contributed by atoms with E-state index >= 15 is 0 Å². The average molecular weight is 286 g/mol. The van der Waals surface area contributed by atoms with Gasteiger partial charge in [0.25, 0.3) is 0 Å². The highest BCUT2D eigenvalue weighted by atomic mass is 19.1. The van der Waals surface area contributed by atoms with Gasteiger partial charge in [-0.25, -0.2) is 4.39 Å². The molecule has 110 valence electrons. The minimum Gasteiger partial charge on any atom is -0.326 e. The molecule has 0 saturated carbocycles. The SMILES string of the molecule is CCNCc1ccc(NC(=O)Cc2ccccc2F)cc1. The van der Waals surface area contributed by atoms with Gasteiger partial charge < -0.3 is 10.6 Å². The molecule has 0 bridgehead atoms. The zero-order chi connectivity index (χ0) is 15.1. The van der Waals surface area contributed by atoms with Crippen molar-refractivity contribution < 1.29 is 9.18 Å². The van der Waals surface area contributed by atoms with E-state index in [1.807, 2.05) is 24.3 Å². The third-order valence-electron chi connectivity index (χ3n) is 3.13. The van der Waals surface area contributed by atoms with E-state index in [0.717, 1.165) is 24.3 Å². The number of hydrogen-bond donors (Lipinski definition) is 2. The van der Waals surface area contributed by atoms with E-state index in [1.165, 1.54) is 6.07 Å². The summed E-state index contributed by atoms with van der Waals surface area (Å²) in [7, 11) is 0. The Morgan fingerprint density at radius 1 is 1.10 bits per heavy atom. The van der Waals surface area contributed by atoms with Gasteiger partial charge in [0, 0.05) is 12.2 Å². The van der Waals surface area contributed by atoms with E-state index in [1.54, 1.807) is 18.2 Å². The molecule has 2 aromatic rings. The molecule has 21 heavy (non-hydrogen) atoms. The molecule has 0 aliphatic carbocycles. The Hall–Kier alpha value is -2.20. The van der Waals surface area contributed by atoms with Gasteiger partial charge in [-0.3, -0.25) is 4.79 Å². The predicted octanol–water partition coefficient (Wildman–Crippen LogP) is 3.12. The maximum Gasteiger partial charge on any atom is 0.228 e. The van der Waals surface area contributed by atoms with Crippen molar-refractivity contribution in [2.24, 2.45) is 0 Å². The fourth-order valence-electron chi connectivity index (χ4n) is 2.00. The van der Waals surface area contributed by atoms with Crippen molar-refractivity contribution in [2.75, 3.05) is 11.9 Å². The zero-order valence-corrected chi connectivity index (χ0v) is 12.0. The second kappa shape index (κ2) is 7.55. The van der Waals surface area contributed by atoms with Gasteiger partial charge in [0.15, 0.2) is 0 Å². The maximum absolute atomic E-state index is 13.5. The van der Waals surface area contributed by atoms with Gasteiger partial charge in [0.05, 0.1) is 6.42 Å². The van der Waals surface area contributed by atoms with Crippen LogP contribution in [0.25, 0.3) is 0 Å². The molecule has 0 aliphatic heterocycles. The lowest BCUT2D eigenvalue weighted by Crippen LogP contribution is -2.15. The van der Waals surface area contributed by atoms with Crippen molar-refractivity contribution in [1.29, 1.82) is 0 Å². The van der Waals surface area contributed by atoms with E-state index in [2.05, 4.69) is 17.6 Å². The number of halogens is 1. The number of carbonyl (C=O) groups excluding carboxylic acids is 1. The molecule has 0 saturated heterocycles. The van der Waals surface area contributed by atoms with Gasteiger partial charge >= 0.3 is 0 Å². The van der Waals surface area contributed by atoms with Crippen LogP contribution in [0.1, 0.15) is 18.1 Å². The van der Waals surface area contributed by atoms with Crippen LogP contribution in [-0.2, 0) is 17.8 Å². The molecule has 0 spiro atoms. The number of hydrogen-bond acceptors (Lipinski definition) is 2. The topological polar surface area (TPSA) is 41.1 Å². The van der Waals surface area contributed by atoms with Crippen LogP contribution < -0.4 is 10.6 Å². The van der Waals surface area contributed by atoms with Crippen LogP contribution in [0, 0.1) is 5.82 Å². The molecule has 2 aromatic carbocycles. The summed E-state index contributed by atoms with van der Waals surface area (Å²) in [6.07, 6.45) is 0.0335. The maximum atomic E-state index is 13.5. The number of nitrogens with one attached hydrogen (secondary N) is 2. The van der Waals surface area contributed by atoms with Crippen LogP contribution in [0.15, 0.2) is 48.5 Å². The van der Waals surface area contributed by atoms with Crippen LogP contribution in [0.3, 0.4) is 0 Å². The van der Waals surface area contributed by atoms with Crippen LogP contribution in [-0.4, -0.2) is 12.5 Å². The molecule has 4 heteroatoms. The summed E-state index contributed by atoms with van der Waals surface area (Å²) in [5, 5.41) is 6.01. The zero-order valence-electron chi connectivity index (χ0n) is 12.0. The number of rotatable bonds is 6. The fourth-order valence-corrected chi connectivity index (χ4v) is 2.00. The summed E-state index contributed by atoms with van der Waals surface area (Å²) in [5.41, 5.74) is 2.28. The van der Waals surface area contributed by atoms with Crippen LogP contribution in [0.4, 0.5) is 10.1 Å². The van der Waals surface area contributed by atoms with Crippen molar-refractivity contribution in [1.82, 2.24) is 5.32 Å². The third kappa shape index (κ3) is 4.68. The molecule has 1 amide bonds. The summed E-state index contributed by atoms with van der Waals surface area (Å²) < 4.78 is 13.5. The molecule has 2 rings (SSSR count). The molecule has 0 radical (unpaired) electrons. The van der Waals surface area contributed by atoms with Gasteiger partial charge in [-0.15, -0.1) is 0 Å². The first-order valence-electron chi connectivity index (χ1n) is 7.02.